The van der Waals surface area contributed by atoms with Crippen molar-refractivity contribution in [3.63, 3.8) is 0 Å². The van der Waals surface area contributed by atoms with E-state index in [1.54, 1.807) is 20.8 Å². The minimum atomic E-state index is -1.30. The first kappa shape index (κ1) is 31.9. The maximum Gasteiger partial charge on any atom is 0.408 e. The van der Waals surface area contributed by atoms with Gasteiger partial charge in [-0.15, -0.1) is 0 Å². The Bertz CT molecular complexity index is 956. The Kier molecular flexibility index (Phi) is 12.1. The Balaban J connectivity index is 3.63. The molecule has 9 heteroatoms. The van der Waals surface area contributed by atoms with E-state index in [0.717, 1.165) is 24.0 Å². The molecule has 37 heavy (non-hydrogen) atoms. The number of carbonyl (C=O) groups is 4. The van der Waals surface area contributed by atoms with E-state index < -0.39 is 42.0 Å². The van der Waals surface area contributed by atoms with Gasteiger partial charge in [-0.05, 0) is 72.4 Å². The molecule has 0 heterocycles. The summed E-state index contributed by atoms with van der Waals surface area (Å²) in [5.41, 5.74) is 7.12. The van der Waals surface area contributed by atoms with Crippen LogP contribution in [0.5, 0.6) is 0 Å². The average molecular weight is 519 g/mol. The molecular formula is C28H46N4O5. The zero-order valence-corrected chi connectivity index (χ0v) is 23.9. The van der Waals surface area contributed by atoms with E-state index in [0.29, 0.717) is 12.0 Å². The van der Waals surface area contributed by atoms with Gasteiger partial charge in [-0.1, -0.05) is 44.0 Å². The Morgan fingerprint density at radius 1 is 1.05 bits per heavy atom. The molecule has 4 atom stereocenters. The summed E-state index contributed by atoms with van der Waals surface area (Å²) in [6.07, 6.45) is 0.941. The summed E-state index contributed by atoms with van der Waals surface area (Å²) < 4.78 is 5.32. The van der Waals surface area contributed by atoms with Crippen molar-refractivity contribution in [3.8, 4) is 0 Å². The molecule has 0 saturated heterocycles. The standard InChI is InChI=1S/C28H46N4O5/c1-10-12-19(5)30-25(34)24(21-15-17(3)13-14-18(21)4)32(20(6)11-2)26(35)22(16-23(29)33)31-27(36)37-28(7,8)9/h13-15,19-20,22,24H,10-12,16H2,1-9H3,(H2,29,33)(H,30,34)(H,31,36). The molecule has 0 saturated carbocycles. The predicted molar refractivity (Wildman–Crippen MR) is 145 cm³/mol. The van der Waals surface area contributed by atoms with Gasteiger partial charge >= 0.3 is 6.09 Å². The monoisotopic (exact) mass is 518 g/mol. The van der Waals surface area contributed by atoms with Crippen LogP contribution in [0.2, 0.25) is 0 Å². The Morgan fingerprint density at radius 3 is 2.19 bits per heavy atom. The Labute approximate surface area is 221 Å². The van der Waals surface area contributed by atoms with Gasteiger partial charge in [-0.2, -0.15) is 0 Å². The predicted octanol–water partition coefficient (Wildman–Crippen LogP) is 4.05. The normalized spacial score (nSPS) is 14.6. The molecule has 4 unspecified atom stereocenters. The highest BCUT2D eigenvalue weighted by Gasteiger charge is 2.39. The van der Waals surface area contributed by atoms with Crippen LogP contribution in [0.25, 0.3) is 0 Å². The number of nitrogens with zero attached hydrogens (tertiary/aromatic N) is 1. The maximum absolute atomic E-state index is 14.1. The third kappa shape index (κ3) is 10.1. The third-order valence-electron chi connectivity index (χ3n) is 6.08. The van der Waals surface area contributed by atoms with Crippen molar-refractivity contribution in [1.29, 1.82) is 0 Å². The molecule has 9 nitrogen and oxygen atoms in total. The second-order valence-corrected chi connectivity index (χ2v) is 10.8. The SMILES string of the molecule is CCCC(C)NC(=O)C(c1cc(C)ccc1C)N(C(=O)C(CC(N)=O)NC(=O)OC(C)(C)C)C(C)CC. The molecule has 0 aliphatic carbocycles. The van der Waals surface area contributed by atoms with Crippen LogP contribution in [0.1, 0.15) is 96.9 Å². The van der Waals surface area contributed by atoms with Crippen molar-refractivity contribution in [2.24, 2.45) is 5.73 Å². The van der Waals surface area contributed by atoms with E-state index in [1.807, 2.05) is 59.7 Å². The van der Waals surface area contributed by atoms with Crippen LogP contribution in [0.4, 0.5) is 4.79 Å². The van der Waals surface area contributed by atoms with Gasteiger partial charge in [0.25, 0.3) is 0 Å². The van der Waals surface area contributed by atoms with Crippen molar-refractivity contribution in [2.45, 2.75) is 118 Å². The van der Waals surface area contributed by atoms with Crippen LogP contribution in [-0.2, 0) is 19.1 Å². The molecule has 1 aromatic carbocycles. The number of alkyl carbamates (subject to hydrolysis) is 1. The fourth-order valence-corrected chi connectivity index (χ4v) is 4.13. The van der Waals surface area contributed by atoms with Crippen LogP contribution in [0.3, 0.4) is 0 Å². The van der Waals surface area contributed by atoms with Crippen molar-refractivity contribution in [2.75, 3.05) is 0 Å². The average Bonchev–Trinajstić information content (AvgIpc) is 2.76. The zero-order chi connectivity index (χ0) is 28.5. The first-order chi connectivity index (χ1) is 17.1. The van der Waals surface area contributed by atoms with Gasteiger partial charge in [0.1, 0.15) is 17.7 Å². The van der Waals surface area contributed by atoms with E-state index in [9.17, 15) is 19.2 Å². The van der Waals surface area contributed by atoms with E-state index >= 15 is 0 Å². The minimum absolute atomic E-state index is 0.0969. The minimum Gasteiger partial charge on any atom is -0.444 e. The zero-order valence-electron chi connectivity index (χ0n) is 23.9. The highest BCUT2D eigenvalue weighted by Crippen LogP contribution is 2.30. The third-order valence-corrected chi connectivity index (χ3v) is 6.08. The van der Waals surface area contributed by atoms with Crippen LogP contribution in [0.15, 0.2) is 18.2 Å². The number of nitrogens with two attached hydrogens (primary N) is 1. The lowest BCUT2D eigenvalue weighted by atomic mass is 9.94. The number of carbonyl (C=O) groups excluding carboxylic acids is 4. The lowest BCUT2D eigenvalue weighted by Gasteiger charge is -2.39. The van der Waals surface area contributed by atoms with Gasteiger partial charge in [0.15, 0.2) is 0 Å². The second-order valence-electron chi connectivity index (χ2n) is 10.8. The molecule has 0 spiro atoms. The summed E-state index contributed by atoms with van der Waals surface area (Å²) in [6.45, 7) is 16.6. The highest BCUT2D eigenvalue weighted by molar-refractivity contribution is 5.95. The number of nitrogens with one attached hydrogen (secondary N) is 2. The quantitative estimate of drug-likeness (QED) is 0.384. The smallest absolute Gasteiger partial charge is 0.408 e. The fraction of sp³-hybridized carbons (Fsp3) is 0.643. The first-order valence-corrected chi connectivity index (χ1v) is 13.1. The van der Waals surface area contributed by atoms with Crippen LogP contribution >= 0.6 is 0 Å². The van der Waals surface area contributed by atoms with E-state index in [2.05, 4.69) is 10.6 Å². The molecule has 0 aromatic heterocycles. The van der Waals surface area contributed by atoms with Gasteiger partial charge in [0.05, 0.1) is 6.42 Å². The summed E-state index contributed by atoms with van der Waals surface area (Å²) in [6, 6.07) is 3.01. The van der Waals surface area contributed by atoms with E-state index in [4.69, 9.17) is 10.5 Å². The van der Waals surface area contributed by atoms with Crippen LogP contribution in [-0.4, -0.2) is 52.4 Å². The number of primary amides is 1. The number of aryl methyl sites for hydroxylation is 2. The molecule has 4 N–H and O–H groups in total. The van der Waals surface area contributed by atoms with Crippen molar-refractivity contribution in [1.82, 2.24) is 15.5 Å². The Morgan fingerprint density at radius 2 is 1.68 bits per heavy atom. The van der Waals surface area contributed by atoms with E-state index in [-0.39, 0.29) is 18.0 Å². The molecule has 208 valence electrons. The van der Waals surface area contributed by atoms with Crippen molar-refractivity contribution < 1.29 is 23.9 Å². The van der Waals surface area contributed by atoms with Crippen LogP contribution < -0.4 is 16.4 Å². The lowest BCUT2D eigenvalue weighted by Crippen LogP contribution is -2.56. The van der Waals surface area contributed by atoms with Crippen molar-refractivity contribution in [3.05, 3.63) is 34.9 Å². The fourth-order valence-electron chi connectivity index (χ4n) is 4.13. The molecule has 4 amide bonds. The summed E-state index contributed by atoms with van der Waals surface area (Å²) >= 11 is 0. The first-order valence-electron chi connectivity index (χ1n) is 13.1. The summed E-state index contributed by atoms with van der Waals surface area (Å²) in [4.78, 5) is 53.8. The molecule has 0 fully saturated rings. The Hall–Kier alpha value is -3.10. The number of hydrogen-bond acceptors (Lipinski definition) is 5. The lowest BCUT2D eigenvalue weighted by molar-refractivity contribution is -0.146. The summed E-state index contributed by atoms with van der Waals surface area (Å²) in [5, 5.41) is 5.57. The van der Waals surface area contributed by atoms with Crippen molar-refractivity contribution >= 4 is 23.8 Å². The molecule has 0 radical (unpaired) electrons. The molecular weight excluding hydrogens is 472 g/mol. The van der Waals surface area contributed by atoms with Gasteiger partial charge < -0.3 is 26.0 Å². The van der Waals surface area contributed by atoms with E-state index in [1.165, 1.54) is 4.90 Å². The van der Waals surface area contributed by atoms with Gasteiger partial charge in [-0.3, -0.25) is 14.4 Å². The number of benzene rings is 1. The molecule has 0 bridgehead atoms. The number of rotatable bonds is 12. The topological polar surface area (TPSA) is 131 Å². The van der Waals surface area contributed by atoms with Gasteiger partial charge in [-0.25, -0.2) is 4.79 Å². The highest BCUT2D eigenvalue weighted by atomic mass is 16.6. The largest absolute Gasteiger partial charge is 0.444 e. The summed E-state index contributed by atoms with van der Waals surface area (Å²) in [5.74, 6) is -1.66. The molecule has 0 aliphatic rings. The molecule has 1 aromatic rings. The molecule has 0 aliphatic heterocycles. The van der Waals surface area contributed by atoms with Gasteiger partial charge in [0.2, 0.25) is 17.7 Å². The second kappa shape index (κ2) is 14.0. The van der Waals surface area contributed by atoms with Gasteiger partial charge in [0, 0.05) is 12.1 Å². The molecule has 1 rings (SSSR count). The number of hydrogen-bond donors (Lipinski definition) is 3. The summed E-state index contributed by atoms with van der Waals surface area (Å²) in [7, 11) is 0. The number of ether oxygens (including phenoxy) is 1. The van der Waals surface area contributed by atoms with Crippen LogP contribution in [0, 0.1) is 13.8 Å². The number of amides is 4. The maximum atomic E-state index is 14.1.